The number of nitrogens with zero attached hydrogens (tertiary/aromatic N) is 1. The van der Waals surface area contributed by atoms with E-state index in [9.17, 15) is 14.7 Å². The standard InChI is InChI=1S/C16H18N2O5/c19-10-11(13-5-2-8-22-13)17-15(20)12-4-1-7-18(12)16(21)14-6-3-9-23-14/h2-3,5-6,8-9,11-12,19H,1,4,7,10H2,(H,17,20). The molecule has 0 radical (unpaired) electrons. The molecule has 1 fully saturated rings. The number of aliphatic hydroxyl groups excluding tert-OH is 1. The van der Waals surface area contributed by atoms with Crippen LogP contribution in [0.5, 0.6) is 0 Å². The normalized spacial score (nSPS) is 18.8. The Morgan fingerprint density at radius 2 is 2.09 bits per heavy atom. The van der Waals surface area contributed by atoms with E-state index in [2.05, 4.69) is 5.32 Å². The second kappa shape index (κ2) is 6.70. The van der Waals surface area contributed by atoms with Crippen molar-refractivity contribution in [1.29, 1.82) is 0 Å². The second-order valence-corrected chi connectivity index (χ2v) is 5.39. The van der Waals surface area contributed by atoms with Gasteiger partial charge in [0.05, 0.1) is 19.1 Å². The van der Waals surface area contributed by atoms with Crippen LogP contribution in [-0.4, -0.2) is 41.0 Å². The molecule has 0 bridgehead atoms. The zero-order valence-electron chi connectivity index (χ0n) is 12.5. The summed E-state index contributed by atoms with van der Waals surface area (Å²) in [5.74, 6) is 0.0845. The molecule has 3 rings (SSSR count). The molecule has 23 heavy (non-hydrogen) atoms. The zero-order valence-corrected chi connectivity index (χ0v) is 12.5. The minimum Gasteiger partial charge on any atom is -0.467 e. The summed E-state index contributed by atoms with van der Waals surface area (Å²) in [6, 6.07) is 5.38. The van der Waals surface area contributed by atoms with Gasteiger partial charge in [0.15, 0.2) is 5.76 Å². The van der Waals surface area contributed by atoms with Gasteiger partial charge in [-0.2, -0.15) is 0 Å². The zero-order chi connectivity index (χ0) is 16.2. The Kier molecular flexibility index (Phi) is 4.47. The summed E-state index contributed by atoms with van der Waals surface area (Å²) in [6.45, 7) is 0.222. The van der Waals surface area contributed by atoms with Crippen molar-refractivity contribution in [3.8, 4) is 0 Å². The van der Waals surface area contributed by atoms with Gasteiger partial charge in [0.1, 0.15) is 17.8 Å². The quantitative estimate of drug-likeness (QED) is 0.867. The number of hydrogen-bond donors (Lipinski definition) is 2. The fourth-order valence-electron chi connectivity index (χ4n) is 2.79. The number of amides is 2. The summed E-state index contributed by atoms with van der Waals surface area (Å²) in [6.07, 6.45) is 4.23. The number of hydrogen-bond acceptors (Lipinski definition) is 5. The average molecular weight is 318 g/mol. The second-order valence-electron chi connectivity index (χ2n) is 5.39. The van der Waals surface area contributed by atoms with Crippen LogP contribution in [0.4, 0.5) is 0 Å². The molecule has 1 aliphatic rings. The molecule has 2 aromatic rings. The highest BCUT2D eigenvalue weighted by Crippen LogP contribution is 2.22. The summed E-state index contributed by atoms with van der Waals surface area (Å²) < 4.78 is 10.3. The van der Waals surface area contributed by atoms with Crippen molar-refractivity contribution in [3.63, 3.8) is 0 Å². The lowest BCUT2D eigenvalue weighted by Gasteiger charge is -2.24. The maximum absolute atomic E-state index is 12.5. The number of aliphatic hydroxyl groups is 1. The number of nitrogens with one attached hydrogen (secondary N) is 1. The van der Waals surface area contributed by atoms with Crippen LogP contribution in [0.1, 0.15) is 35.2 Å². The molecule has 2 amide bonds. The minimum atomic E-state index is -0.626. The SMILES string of the molecule is O=C(NC(CO)c1ccco1)C1CCCN1C(=O)c1ccco1. The van der Waals surface area contributed by atoms with Crippen LogP contribution in [0.2, 0.25) is 0 Å². The number of rotatable bonds is 5. The Morgan fingerprint density at radius 1 is 1.30 bits per heavy atom. The van der Waals surface area contributed by atoms with Crippen molar-refractivity contribution in [3.05, 3.63) is 48.3 Å². The molecular weight excluding hydrogens is 300 g/mol. The largest absolute Gasteiger partial charge is 0.467 e. The molecule has 2 aromatic heterocycles. The molecule has 0 aromatic carbocycles. The molecule has 7 nitrogen and oxygen atoms in total. The maximum Gasteiger partial charge on any atom is 0.290 e. The van der Waals surface area contributed by atoms with Gasteiger partial charge in [-0.05, 0) is 37.1 Å². The summed E-state index contributed by atoms with van der Waals surface area (Å²) >= 11 is 0. The first-order valence-corrected chi connectivity index (χ1v) is 7.50. The first-order chi connectivity index (χ1) is 11.2. The molecule has 7 heteroatoms. The van der Waals surface area contributed by atoms with Crippen molar-refractivity contribution in [1.82, 2.24) is 10.2 Å². The fourth-order valence-corrected chi connectivity index (χ4v) is 2.79. The topological polar surface area (TPSA) is 95.9 Å². The van der Waals surface area contributed by atoms with Crippen LogP contribution in [0.15, 0.2) is 45.6 Å². The number of carbonyl (C=O) groups is 2. The Balaban J connectivity index is 1.69. The van der Waals surface area contributed by atoms with Gasteiger partial charge in [-0.15, -0.1) is 0 Å². The van der Waals surface area contributed by atoms with Crippen LogP contribution in [0, 0.1) is 0 Å². The van der Waals surface area contributed by atoms with Crippen LogP contribution in [0.3, 0.4) is 0 Å². The van der Waals surface area contributed by atoms with E-state index >= 15 is 0 Å². The lowest BCUT2D eigenvalue weighted by atomic mass is 10.1. The predicted molar refractivity (Wildman–Crippen MR) is 79.4 cm³/mol. The fraction of sp³-hybridized carbons (Fsp3) is 0.375. The molecule has 0 spiro atoms. The third-order valence-corrected chi connectivity index (χ3v) is 3.93. The van der Waals surface area contributed by atoms with E-state index in [0.717, 1.165) is 6.42 Å². The first-order valence-electron chi connectivity index (χ1n) is 7.50. The van der Waals surface area contributed by atoms with Crippen LogP contribution in [-0.2, 0) is 4.79 Å². The third kappa shape index (κ3) is 3.14. The van der Waals surface area contributed by atoms with E-state index < -0.39 is 12.1 Å². The Hall–Kier alpha value is -2.54. The number of carbonyl (C=O) groups excluding carboxylic acids is 2. The Labute approximate surface area is 132 Å². The van der Waals surface area contributed by atoms with Crippen molar-refractivity contribution >= 4 is 11.8 Å². The van der Waals surface area contributed by atoms with E-state index in [1.807, 2.05) is 0 Å². The summed E-state index contributed by atoms with van der Waals surface area (Å²) in [5, 5.41) is 12.2. The minimum absolute atomic E-state index is 0.217. The van der Waals surface area contributed by atoms with Crippen molar-refractivity contribution in [2.75, 3.05) is 13.2 Å². The third-order valence-electron chi connectivity index (χ3n) is 3.93. The maximum atomic E-state index is 12.5. The Morgan fingerprint density at radius 3 is 2.74 bits per heavy atom. The van der Waals surface area contributed by atoms with Gasteiger partial charge in [-0.25, -0.2) is 0 Å². The van der Waals surface area contributed by atoms with E-state index in [1.165, 1.54) is 17.4 Å². The summed E-state index contributed by atoms with van der Waals surface area (Å²) in [4.78, 5) is 26.4. The van der Waals surface area contributed by atoms with E-state index in [4.69, 9.17) is 8.83 Å². The van der Waals surface area contributed by atoms with Gasteiger partial charge in [0, 0.05) is 6.54 Å². The molecule has 2 unspecified atom stereocenters. The molecule has 1 aliphatic heterocycles. The van der Waals surface area contributed by atoms with Gasteiger partial charge in [0.25, 0.3) is 5.91 Å². The summed E-state index contributed by atoms with van der Waals surface area (Å²) in [5.41, 5.74) is 0. The number of furan rings is 2. The highest BCUT2D eigenvalue weighted by Gasteiger charge is 2.36. The first kappa shape index (κ1) is 15.4. The highest BCUT2D eigenvalue weighted by molar-refractivity contribution is 5.96. The van der Waals surface area contributed by atoms with Crippen molar-refractivity contribution in [2.45, 2.75) is 24.9 Å². The van der Waals surface area contributed by atoms with Crippen LogP contribution in [0.25, 0.3) is 0 Å². The lowest BCUT2D eigenvalue weighted by molar-refractivity contribution is -0.126. The molecular formula is C16H18N2O5. The Bertz CT molecular complexity index is 650. The van der Waals surface area contributed by atoms with Gasteiger partial charge < -0.3 is 24.2 Å². The van der Waals surface area contributed by atoms with Gasteiger partial charge in [0.2, 0.25) is 5.91 Å². The van der Waals surface area contributed by atoms with Gasteiger partial charge >= 0.3 is 0 Å². The summed E-state index contributed by atoms with van der Waals surface area (Å²) in [7, 11) is 0. The average Bonchev–Trinajstić information content (AvgIpc) is 3.33. The van der Waals surface area contributed by atoms with Gasteiger partial charge in [-0.1, -0.05) is 0 Å². The molecule has 0 aliphatic carbocycles. The molecule has 2 N–H and O–H groups in total. The smallest absolute Gasteiger partial charge is 0.290 e. The van der Waals surface area contributed by atoms with Crippen LogP contribution < -0.4 is 5.32 Å². The van der Waals surface area contributed by atoms with E-state index in [1.54, 1.807) is 24.3 Å². The monoisotopic (exact) mass is 318 g/mol. The highest BCUT2D eigenvalue weighted by atomic mass is 16.3. The van der Waals surface area contributed by atoms with E-state index in [0.29, 0.717) is 18.7 Å². The molecule has 0 saturated carbocycles. The molecule has 2 atom stereocenters. The van der Waals surface area contributed by atoms with Gasteiger partial charge in [-0.3, -0.25) is 9.59 Å². The number of likely N-dealkylation sites (tertiary alicyclic amines) is 1. The van der Waals surface area contributed by atoms with Crippen molar-refractivity contribution in [2.24, 2.45) is 0 Å². The predicted octanol–water partition coefficient (Wildman–Crippen LogP) is 1.33. The van der Waals surface area contributed by atoms with Crippen LogP contribution >= 0.6 is 0 Å². The molecule has 1 saturated heterocycles. The van der Waals surface area contributed by atoms with E-state index in [-0.39, 0.29) is 24.2 Å². The molecule has 122 valence electrons. The van der Waals surface area contributed by atoms with Crippen molar-refractivity contribution < 1.29 is 23.5 Å². The lowest BCUT2D eigenvalue weighted by Crippen LogP contribution is -2.47. The molecule has 3 heterocycles.